The number of carbonyl (C=O) groups is 1. The lowest BCUT2D eigenvalue weighted by Gasteiger charge is -2.22. The highest BCUT2D eigenvalue weighted by atomic mass is 35.5. The summed E-state index contributed by atoms with van der Waals surface area (Å²) in [5.74, 6) is 0.352. The van der Waals surface area contributed by atoms with Gasteiger partial charge in [-0.2, -0.15) is 0 Å². The molecule has 1 aliphatic carbocycles. The minimum absolute atomic E-state index is 0.395. The van der Waals surface area contributed by atoms with Crippen molar-refractivity contribution in [3.05, 3.63) is 22.7 Å². The predicted octanol–water partition coefficient (Wildman–Crippen LogP) is 4.09. The van der Waals surface area contributed by atoms with Crippen molar-refractivity contribution in [2.75, 3.05) is 24.7 Å². The second-order valence-corrected chi connectivity index (χ2v) is 6.04. The number of halogens is 1. The van der Waals surface area contributed by atoms with E-state index in [-0.39, 0.29) is 0 Å². The smallest absolute Gasteiger partial charge is 0.340 e. The molecular weight excluding hydrogens is 288 g/mol. The van der Waals surface area contributed by atoms with E-state index in [1.54, 1.807) is 12.1 Å². The Hall–Kier alpha value is -1.42. The number of methoxy groups -OCH3 is 1. The number of nitrogens with one attached hydrogen (secondary N) is 1. The monoisotopic (exact) mass is 310 g/mol. The fourth-order valence-electron chi connectivity index (χ4n) is 2.96. The molecule has 0 unspecified atom stereocenters. The fraction of sp³-hybridized carbons (Fsp3) is 0.562. The Bertz CT molecular complexity index is 499. The summed E-state index contributed by atoms with van der Waals surface area (Å²) < 4.78 is 4.79. The second-order valence-electron chi connectivity index (χ2n) is 5.64. The molecule has 116 valence electrons. The van der Waals surface area contributed by atoms with Crippen LogP contribution in [0.2, 0.25) is 5.02 Å². The third-order valence-electron chi connectivity index (χ3n) is 4.10. The zero-order chi connectivity index (χ0) is 15.2. The van der Waals surface area contributed by atoms with Crippen molar-refractivity contribution >= 4 is 28.9 Å². The minimum atomic E-state index is -0.427. The van der Waals surface area contributed by atoms with Gasteiger partial charge in [-0.15, -0.1) is 0 Å². The van der Waals surface area contributed by atoms with Gasteiger partial charge in [0.15, 0.2) is 0 Å². The number of esters is 1. The molecule has 0 saturated heterocycles. The Morgan fingerprint density at radius 1 is 1.38 bits per heavy atom. The van der Waals surface area contributed by atoms with Gasteiger partial charge in [0, 0.05) is 12.2 Å². The molecule has 0 aliphatic heterocycles. The minimum Gasteiger partial charge on any atom is -0.465 e. The summed E-state index contributed by atoms with van der Waals surface area (Å²) in [5.41, 5.74) is 7.22. The van der Waals surface area contributed by atoms with Crippen LogP contribution < -0.4 is 11.1 Å². The number of nitrogen functional groups attached to an aromatic ring is 1. The summed E-state index contributed by atoms with van der Waals surface area (Å²) in [6, 6.07) is 3.25. The van der Waals surface area contributed by atoms with E-state index in [2.05, 4.69) is 5.32 Å². The van der Waals surface area contributed by atoms with E-state index < -0.39 is 5.97 Å². The van der Waals surface area contributed by atoms with Crippen LogP contribution in [0.25, 0.3) is 0 Å². The lowest BCUT2D eigenvalue weighted by molar-refractivity contribution is 0.0602. The Morgan fingerprint density at radius 3 is 2.76 bits per heavy atom. The van der Waals surface area contributed by atoms with Crippen LogP contribution in [0.1, 0.15) is 48.9 Å². The van der Waals surface area contributed by atoms with Gasteiger partial charge in [-0.3, -0.25) is 0 Å². The van der Waals surface area contributed by atoms with Crippen molar-refractivity contribution in [3.8, 4) is 0 Å². The van der Waals surface area contributed by atoms with E-state index in [0.717, 1.165) is 18.9 Å². The van der Waals surface area contributed by atoms with Crippen LogP contribution in [0.4, 0.5) is 11.4 Å². The quantitative estimate of drug-likeness (QED) is 0.635. The molecule has 1 fully saturated rings. The number of hydrogen-bond donors (Lipinski definition) is 2. The summed E-state index contributed by atoms with van der Waals surface area (Å²) in [6.07, 6.45) is 7.74. The van der Waals surface area contributed by atoms with Gasteiger partial charge in [-0.25, -0.2) is 4.79 Å². The molecule has 0 amide bonds. The molecule has 0 bridgehead atoms. The van der Waals surface area contributed by atoms with Gasteiger partial charge < -0.3 is 15.8 Å². The number of carbonyl (C=O) groups excluding carboxylic acids is 1. The molecule has 4 nitrogen and oxygen atoms in total. The first-order chi connectivity index (χ1) is 10.1. The molecule has 1 saturated carbocycles. The number of rotatable bonds is 5. The van der Waals surface area contributed by atoms with Crippen LogP contribution in [-0.4, -0.2) is 19.6 Å². The van der Waals surface area contributed by atoms with E-state index in [1.807, 2.05) is 0 Å². The lowest BCUT2D eigenvalue weighted by Crippen LogP contribution is -2.15. The Balaban J connectivity index is 2.02. The highest BCUT2D eigenvalue weighted by Gasteiger charge is 2.17. The van der Waals surface area contributed by atoms with Crippen molar-refractivity contribution < 1.29 is 9.53 Å². The van der Waals surface area contributed by atoms with E-state index in [1.165, 1.54) is 39.2 Å². The summed E-state index contributed by atoms with van der Waals surface area (Å²) in [7, 11) is 1.35. The molecule has 0 atom stereocenters. The maximum atomic E-state index is 11.8. The SMILES string of the molecule is COC(=O)c1cc(N)cc(Cl)c1NCCC1CCCCC1. The third-order valence-corrected chi connectivity index (χ3v) is 4.40. The van der Waals surface area contributed by atoms with Gasteiger partial charge in [0.2, 0.25) is 0 Å². The average Bonchev–Trinajstić information content (AvgIpc) is 2.49. The van der Waals surface area contributed by atoms with Crippen LogP contribution in [-0.2, 0) is 4.74 Å². The maximum Gasteiger partial charge on any atom is 0.340 e. The highest BCUT2D eigenvalue weighted by Crippen LogP contribution is 2.31. The molecule has 1 aromatic rings. The van der Waals surface area contributed by atoms with Crippen molar-refractivity contribution in [1.82, 2.24) is 0 Å². The standard InChI is InChI=1S/C16H23ClN2O2/c1-21-16(20)13-9-12(18)10-14(17)15(13)19-8-7-11-5-3-2-4-6-11/h9-11,19H,2-8,18H2,1H3. The predicted molar refractivity (Wildman–Crippen MR) is 86.9 cm³/mol. The molecule has 21 heavy (non-hydrogen) atoms. The van der Waals surface area contributed by atoms with Crippen LogP contribution in [0.5, 0.6) is 0 Å². The first-order valence-electron chi connectivity index (χ1n) is 7.53. The number of ether oxygens (including phenoxy) is 1. The Kier molecular flexibility index (Phi) is 5.74. The van der Waals surface area contributed by atoms with Gasteiger partial charge >= 0.3 is 5.97 Å². The maximum absolute atomic E-state index is 11.8. The molecule has 3 N–H and O–H groups in total. The van der Waals surface area contributed by atoms with Crippen LogP contribution in [0.15, 0.2) is 12.1 Å². The van der Waals surface area contributed by atoms with Gasteiger partial charge in [0.25, 0.3) is 0 Å². The van der Waals surface area contributed by atoms with Crippen molar-refractivity contribution in [2.45, 2.75) is 38.5 Å². The molecule has 2 rings (SSSR count). The summed E-state index contributed by atoms with van der Waals surface area (Å²) in [5, 5.41) is 3.74. The number of anilines is 2. The van der Waals surface area contributed by atoms with Crippen molar-refractivity contribution in [1.29, 1.82) is 0 Å². The molecule has 5 heteroatoms. The van der Waals surface area contributed by atoms with E-state index in [4.69, 9.17) is 22.1 Å². The van der Waals surface area contributed by atoms with Gasteiger partial charge in [-0.05, 0) is 24.5 Å². The van der Waals surface area contributed by atoms with Crippen LogP contribution in [0, 0.1) is 5.92 Å². The van der Waals surface area contributed by atoms with Crippen LogP contribution in [0.3, 0.4) is 0 Å². The number of benzene rings is 1. The van der Waals surface area contributed by atoms with E-state index >= 15 is 0 Å². The number of hydrogen-bond acceptors (Lipinski definition) is 4. The average molecular weight is 311 g/mol. The highest BCUT2D eigenvalue weighted by molar-refractivity contribution is 6.34. The third kappa shape index (κ3) is 4.27. The van der Waals surface area contributed by atoms with Crippen molar-refractivity contribution in [3.63, 3.8) is 0 Å². The first-order valence-corrected chi connectivity index (χ1v) is 7.91. The van der Waals surface area contributed by atoms with Gasteiger partial charge in [0.1, 0.15) is 0 Å². The summed E-state index contributed by atoms with van der Waals surface area (Å²) in [4.78, 5) is 11.8. The van der Waals surface area contributed by atoms with Crippen LogP contribution >= 0.6 is 11.6 Å². The second kappa shape index (κ2) is 7.55. The summed E-state index contributed by atoms with van der Waals surface area (Å²) >= 11 is 6.21. The normalized spacial score (nSPS) is 15.7. The van der Waals surface area contributed by atoms with Gasteiger partial charge in [-0.1, -0.05) is 43.7 Å². The zero-order valence-corrected chi connectivity index (χ0v) is 13.2. The molecule has 1 aliphatic rings. The van der Waals surface area contributed by atoms with E-state index in [9.17, 15) is 4.79 Å². The topological polar surface area (TPSA) is 64.3 Å². The molecular formula is C16H23ClN2O2. The zero-order valence-electron chi connectivity index (χ0n) is 12.5. The number of nitrogens with two attached hydrogens (primary N) is 1. The molecule has 0 radical (unpaired) electrons. The molecule has 0 heterocycles. The van der Waals surface area contributed by atoms with E-state index in [0.29, 0.717) is 22.0 Å². The summed E-state index contributed by atoms with van der Waals surface area (Å²) in [6.45, 7) is 0.804. The first kappa shape index (κ1) is 16.0. The Morgan fingerprint density at radius 2 is 2.10 bits per heavy atom. The fourth-order valence-corrected chi connectivity index (χ4v) is 3.25. The van der Waals surface area contributed by atoms with Gasteiger partial charge in [0.05, 0.1) is 23.4 Å². The lowest BCUT2D eigenvalue weighted by atomic mass is 9.87. The molecule has 0 spiro atoms. The molecule has 0 aromatic heterocycles. The Labute approximate surface area is 131 Å². The largest absolute Gasteiger partial charge is 0.465 e. The van der Waals surface area contributed by atoms with Crippen molar-refractivity contribution in [2.24, 2.45) is 5.92 Å². The molecule has 1 aromatic carbocycles.